The number of nitrogens with one attached hydrogen (secondary N) is 1. The Hall–Kier alpha value is -4.07. The molecule has 1 N–H and O–H groups in total. The van der Waals surface area contributed by atoms with Crippen molar-refractivity contribution in [3.63, 3.8) is 0 Å². The fourth-order valence-electron chi connectivity index (χ4n) is 4.15. The number of aryl methyl sites for hydroxylation is 1. The number of benzene rings is 2. The van der Waals surface area contributed by atoms with Gasteiger partial charge in [-0.05, 0) is 42.7 Å². The van der Waals surface area contributed by atoms with Crippen molar-refractivity contribution in [3.8, 4) is 11.5 Å². The lowest BCUT2D eigenvalue weighted by molar-refractivity contribution is -0.130. The molecule has 0 bridgehead atoms. The van der Waals surface area contributed by atoms with Crippen LogP contribution in [0, 0.1) is 0 Å². The molecular formula is C26H27N3O5. The van der Waals surface area contributed by atoms with Crippen molar-refractivity contribution in [1.29, 1.82) is 0 Å². The molecule has 1 aliphatic rings. The van der Waals surface area contributed by atoms with Crippen molar-refractivity contribution in [3.05, 3.63) is 65.4 Å². The maximum Gasteiger partial charge on any atom is 0.331 e. The number of aromatic nitrogens is 1. The highest BCUT2D eigenvalue weighted by Gasteiger charge is 2.35. The molecule has 4 amide bonds. The Kier molecular flexibility index (Phi) is 6.67. The Morgan fingerprint density at radius 2 is 1.74 bits per heavy atom. The lowest BCUT2D eigenvalue weighted by Gasteiger charge is -2.26. The van der Waals surface area contributed by atoms with Crippen LogP contribution in [-0.2, 0) is 22.6 Å². The summed E-state index contributed by atoms with van der Waals surface area (Å²) < 4.78 is 12.7. The van der Waals surface area contributed by atoms with Gasteiger partial charge in [0.1, 0.15) is 5.57 Å². The number of amides is 4. The molecule has 8 heteroatoms. The molecule has 0 saturated carbocycles. The Bertz CT molecular complexity index is 1290. The van der Waals surface area contributed by atoms with Crippen LogP contribution in [0.1, 0.15) is 24.5 Å². The largest absolute Gasteiger partial charge is 0.493 e. The van der Waals surface area contributed by atoms with E-state index >= 15 is 0 Å². The lowest BCUT2D eigenvalue weighted by Crippen LogP contribution is -2.54. The molecule has 8 nitrogen and oxygen atoms in total. The van der Waals surface area contributed by atoms with E-state index < -0.39 is 17.8 Å². The molecule has 0 aliphatic carbocycles. The van der Waals surface area contributed by atoms with Gasteiger partial charge in [-0.15, -0.1) is 0 Å². The Morgan fingerprint density at radius 1 is 0.971 bits per heavy atom. The van der Waals surface area contributed by atoms with Gasteiger partial charge < -0.3 is 14.0 Å². The highest BCUT2D eigenvalue weighted by molar-refractivity contribution is 6.31. The minimum absolute atomic E-state index is 0.0636. The van der Waals surface area contributed by atoms with Gasteiger partial charge in [0.05, 0.1) is 14.2 Å². The van der Waals surface area contributed by atoms with Crippen LogP contribution in [0.2, 0.25) is 0 Å². The summed E-state index contributed by atoms with van der Waals surface area (Å²) in [7, 11) is 3.10. The number of para-hydroxylation sites is 1. The second-order valence-electron chi connectivity index (χ2n) is 8.01. The van der Waals surface area contributed by atoms with Gasteiger partial charge in [-0.1, -0.05) is 31.2 Å². The molecule has 4 rings (SSSR count). The molecular weight excluding hydrogens is 434 g/mol. The van der Waals surface area contributed by atoms with E-state index in [2.05, 4.69) is 16.8 Å². The highest BCUT2D eigenvalue weighted by atomic mass is 16.5. The molecule has 1 saturated heterocycles. The molecule has 0 unspecified atom stereocenters. The van der Waals surface area contributed by atoms with Crippen LogP contribution >= 0.6 is 0 Å². The number of rotatable bonds is 8. The minimum Gasteiger partial charge on any atom is -0.493 e. The van der Waals surface area contributed by atoms with Crippen molar-refractivity contribution in [2.45, 2.75) is 26.3 Å². The second-order valence-corrected chi connectivity index (χ2v) is 8.01. The van der Waals surface area contributed by atoms with E-state index in [-0.39, 0.29) is 12.1 Å². The van der Waals surface area contributed by atoms with Crippen molar-refractivity contribution < 1.29 is 23.9 Å². The number of nitrogens with zero attached hydrogens (tertiary/aromatic N) is 2. The van der Waals surface area contributed by atoms with Gasteiger partial charge in [-0.3, -0.25) is 19.8 Å². The quantitative estimate of drug-likeness (QED) is 0.407. The molecule has 2 aromatic carbocycles. The molecule has 34 heavy (non-hydrogen) atoms. The molecule has 2 heterocycles. The fraction of sp³-hybridized carbons (Fsp3) is 0.269. The number of ether oxygens (including phenoxy) is 2. The van der Waals surface area contributed by atoms with Crippen molar-refractivity contribution in [2.24, 2.45) is 0 Å². The van der Waals surface area contributed by atoms with E-state index in [1.165, 1.54) is 0 Å². The van der Waals surface area contributed by atoms with Gasteiger partial charge in [0, 0.05) is 35.8 Å². The first-order valence-electron chi connectivity index (χ1n) is 11.1. The van der Waals surface area contributed by atoms with E-state index in [0.717, 1.165) is 39.9 Å². The number of barbiturate groups is 1. The first-order chi connectivity index (χ1) is 16.5. The van der Waals surface area contributed by atoms with Crippen LogP contribution in [0.3, 0.4) is 0 Å². The van der Waals surface area contributed by atoms with Crippen molar-refractivity contribution in [2.75, 3.05) is 20.8 Å². The molecule has 3 aromatic rings. The monoisotopic (exact) mass is 461 g/mol. The number of methoxy groups -OCH3 is 2. The van der Waals surface area contributed by atoms with Gasteiger partial charge in [-0.25, -0.2) is 4.79 Å². The summed E-state index contributed by atoms with van der Waals surface area (Å²) in [5, 5.41) is 3.24. The lowest BCUT2D eigenvalue weighted by atomic mass is 10.1. The third-order valence-electron chi connectivity index (χ3n) is 5.84. The normalized spacial score (nSPS) is 15.2. The van der Waals surface area contributed by atoms with Crippen molar-refractivity contribution >= 4 is 34.8 Å². The Morgan fingerprint density at radius 3 is 2.47 bits per heavy atom. The highest BCUT2D eigenvalue weighted by Crippen LogP contribution is 2.28. The predicted molar refractivity (Wildman–Crippen MR) is 129 cm³/mol. The average Bonchev–Trinajstić information content (AvgIpc) is 3.19. The first-order valence-corrected chi connectivity index (χ1v) is 11.1. The van der Waals surface area contributed by atoms with Crippen LogP contribution in [0.4, 0.5) is 4.79 Å². The molecule has 0 radical (unpaired) electrons. The number of hydrogen-bond donors (Lipinski definition) is 1. The van der Waals surface area contributed by atoms with E-state index in [1.54, 1.807) is 32.4 Å². The van der Waals surface area contributed by atoms with Gasteiger partial charge in [0.25, 0.3) is 11.8 Å². The predicted octanol–water partition coefficient (Wildman–Crippen LogP) is 3.77. The standard InChI is InChI=1S/C26H27N3O5/c1-4-12-28-16-18(19-7-5-6-8-21(19)28)15-20-24(30)27-26(32)29(25(20)31)13-11-17-9-10-22(33-2)23(14-17)34-3/h5-10,14-16H,4,11-13H2,1-3H3,(H,27,30,32)/b20-15+. The SMILES string of the molecule is CCCn1cc(/C=C2\C(=O)NC(=O)N(CCc3ccc(OC)c(OC)c3)C2=O)c2ccccc21. The zero-order valence-electron chi connectivity index (χ0n) is 19.5. The van der Waals surface area contributed by atoms with Gasteiger partial charge in [0.15, 0.2) is 11.5 Å². The van der Waals surface area contributed by atoms with Crippen LogP contribution in [0.15, 0.2) is 54.2 Å². The molecule has 1 aliphatic heterocycles. The number of imide groups is 2. The minimum atomic E-state index is -0.721. The molecule has 0 atom stereocenters. The molecule has 1 fully saturated rings. The fourth-order valence-corrected chi connectivity index (χ4v) is 4.15. The van der Waals surface area contributed by atoms with Gasteiger partial charge >= 0.3 is 6.03 Å². The number of urea groups is 1. The summed E-state index contributed by atoms with van der Waals surface area (Å²) in [5.74, 6) is -0.143. The van der Waals surface area contributed by atoms with Crippen molar-refractivity contribution in [1.82, 2.24) is 14.8 Å². The maximum atomic E-state index is 13.2. The second kappa shape index (κ2) is 9.82. The van der Waals surface area contributed by atoms with E-state index in [1.807, 2.05) is 36.5 Å². The van der Waals surface area contributed by atoms with Crippen LogP contribution in [-0.4, -0.2) is 48.1 Å². The summed E-state index contributed by atoms with van der Waals surface area (Å²) in [4.78, 5) is 39.3. The smallest absolute Gasteiger partial charge is 0.331 e. The molecule has 0 spiro atoms. The molecule has 1 aromatic heterocycles. The number of fused-ring (bicyclic) bond motifs is 1. The van der Waals surface area contributed by atoms with Gasteiger partial charge in [-0.2, -0.15) is 0 Å². The average molecular weight is 462 g/mol. The summed E-state index contributed by atoms with van der Waals surface area (Å²) in [6.45, 7) is 3.02. The maximum absolute atomic E-state index is 13.2. The first kappa shape index (κ1) is 23.1. The summed E-state index contributed by atoms with van der Waals surface area (Å²) in [6, 6.07) is 12.5. The summed E-state index contributed by atoms with van der Waals surface area (Å²) >= 11 is 0. The van der Waals surface area contributed by atoms with E-state index in [4.69, 9.17) is 9.47 Å². The summed E-state index contributed by atoms with van der Waals surface area (Å²) in [6.07, 6.45) is 4.86. The van der Waals surface area contributed by atoms with E-state index in [9.17, 15) is 14.4 Å². The zero-order valence-corrected chi connectivity index (χ0v) is 19.5. The summed E-state index contributed by atoms with van der Waals surface area (Å²) in [5.41, 5.74) is 2.59. The van der Waals surface area contributed by atoms with Crippen LogP contribution in [0.25, 0.3) is 17.0 Å². The zero-order chi connectivity index (χ0) is 24.2. The number of hydrogen-bond acceptors (Lipinski definition) is 5. The van der Waals surface area contributed by atoms with E-state index in [0.29, 0.717) is 17.9 Å². The Balaban J connectivity index is 1.60. The molecule has 176 valence electrons. The Labute approximate surface area is 197 Å². The number of carbonyl (C=O) groups is 3. The number of carbonyl (C=O) groups excluding carboxylic acids is 3. The van der Waals surface area contributed by atoms with Gasteiger partial charge in [0.2, 0.25) is 0 Å². The topological polar surface area (TPSA) is 89.9 Å². The van der Waals surface area contributed by atoms with Crippen LogP contribution in [0.5, 0.6) is 11.5 Å². The van der Waals surface area contributed by atoms with Crippen LogP contribution < -0.4 is 14.8 Å². The third-order valence-corrected chi connectivity index (χ3v) is 5.84. The third kappa shape index (κ3) is 4.39.